The molecule has 0 amide bonds. The van der Waals surface area contributed by atoms with Crippen LogP contribution < -0.4 is 11.1 Å². The van der Waals surface area contributed by atoms with Gasteiger partial charge >= 0.3 is 11.9 Å². The quantitative estimate of drug-likeness (QED) is 0.485. The number of aliphatic carboxylic acids is 1. The number of hydrogen-bond acceptors (Lipinski definition) is 6. The zero-order chi connectivity index (χ0) is 18.5. The Balaban J connectivity index is 0.000000922. The van der Waals surface area contributed by atoms with Crippen LogP contribution in [-0.4, -0.2) is 48.2 Å². The van der Waals surface area contributed by atoms with Crippen LogP contribution in [0.2, 0.25) is 0 Å². The van der Waals surface area contributed by atoms with Gasteiger partial charge in [0.05, 0.1) is 6.54 Å². The number of thioether (sulfide) groups is 1. The van der Waals surface area contributed by atoms with E-state index in [-0.39, 0.29) is 18.6 Å². The maximum Gasteiger partial charge on any atom is 0.328 e. The van der Waals surface area contributed by atoms with E-state index in [9.17, 15) is 9.59 Å². The fraction of sp³-hybridized carbons (Fsp3) is 0.529. The third-order valence-corrected chi connectivity index (χ3v) is 3.74. The molecule has 0 aromatic heterocycles. The average molecular weight is 356 g/mol. The number of aryl methyl sites for hydroxylation is 2. The number of carbonyl (C=O) groups is 2. The summed E-state index contributed by atoms with van der Waals surface area (Å²) in [5.41, 5.74) is 8.01. The van der Waals surface area contributed by atoms with E-state index >= 15 is 0 Å². The van der Waals surface area contributed by atoms with Gasteiger partial charge in [-0.2, -0.15) is 11.8 Å². The summed E-state index contributed by atoms with van der Waals surface area (Å²) in [5.74, 6) is -0.326. The molecule has 0 heterocycles. The first-order chi connectivity index (χ1) is 11.4. The van der Waals surface area contributed by atoms with Crippen molar-refractivity contribution in [1.29, 1.82) is 0 Å². The zero-order valence-electron chi connectivity index (χ0n) is 14.8. The number of ether oxygens (including phenoxy) is 1. The average Bonchev–Trinajstić information content (AvgIpc) is 2.57. The van der Waals surface area contributed by atoms with Crippen molar-refractivity contribution in [3.05, 3.63) is 29.3 Å². The molecule has 1 atom stereocenters. The Morgan fingerprint density at radius 1 is 1.42 bits per heavy atom. The fourth-order valence-corrected chi connectivity index (χ4v) is 2.11. The number of carboxylic acids is 1. The molecule has 7 heteroatoms. The van der Waals surface area contributed by atoms with Crippen LogP contribution in [0.25, 0.3) is 0 Å². The Kier molecular flexibility index (Phi) is 11.8. The van der Waals surface area contributed by atoms with Crippen molar-refractivity contribution in [3.8, 4) is 0 Å². The maximum atomic E-state index is 11.8. The van der Waals surface area contributed by atoms with Crippen LogP contribution in [0.4, 0.5) is 5.69 Å². The van der Waals surface area contributed by atoms with Crippen LogP contribution in [0.5, 0.6) is 0 Å². The van der Waals surface area contributed by atoms with Crippen LogP contribution in [0.15, 0.2) is 18.2 Å². The molecular weight excluding hydrogens is 328 g/mol. The number of esters is 1. The predicted molar refractivity (Wildman–Crippen MR) is 99.7 cm³/mol. The Morgan fingerprint density at radius 2 is 2.04 bits per heavy atom. The Bertz CT molecular complexity index is 523. The summed E-state index contributed by atoms with van der Waals surface area (Å²) in [7, 11) is 0. The van der Waals surface area contributed by atoms with Crippen LogP contribution in [0, 0.1) is 6.92 Å². The second kappa shape index (κ2) is 12.7. The van der Waals surface area contributed by atoms with E-state index in [2.05, 4.69) is 24.0 Å². The normalized spacial score (nSPS) is 11.0. The van der Waals surface area contributed by atoms with Gasteiger partial charge in [0.2, 0.25) is 0 Å². The topological polar surface area (TPSA) is 102 Å². The molecule has 0 bridgehead atoms. The van der Waals surface area contributed by atoms with Crippen molar-refractivity contribution in [1.82, 2.24) is 0 Å². The first-order valence-corrected chi connectivity index (χ1v) is 9.19. The van der Waals surface area contributed by atoms with Crippen LogP contribution in [-0.2, 0) is 20.7 Å². The summed E-state index contributed by atoms with van der Waals surface area (Å²) in [5, 5.41) is 10.9. The second-order valence-electron chi connectivity index (χ2n) is 5.09. The minimum Gasteiger partial charge on any atom is -0.480 e. The van der Waals surface area contributed by atoms with Crippen molar-refractivity contribution in [2.24, 2.45) is 5.73 Å². The summed E-state index contributed by atoms with van der Waals surface area (Å²) in [6.07, 6.45) is 2.94. The van der Waals surface area contributed by atoms with E-state index in [1.54, 1.807) is 11.8 Å². The number of hydrogen-bond donors (Lipinski definition) is 3. The molecule has 0 fully saturated rings. The Hall–Kier alpha value is -1.73. The second-order valence-corrected chi connectivity index (χ2v) is 6.07. The van der Waals surface area contributed by atoms with Crippen molar-refractivity contribution < 1.29 is 19.4 Å². The molecule has 0 spiro atoms. The van der Waals surface area contributed by atoms with Gasteiger partial charge in [0.1, 0.15) is 12.6 Å². The summed E-state index contributed by atoms with van der Waals surface area (Å²) in [6, 6.07) is 5.85. The fourth-order valence-electron chi connectivity index (χ4n) is 1.86. The van der Waals surface area contributed by atoms with E-state index in [1.807, 2.05) is 32.2 Å². The van der Waals surface area contributed by atoms with Gasteiger partial charge in [0, 0.05) is 11.4 Å². The number of nitrogens with two attached hydrogens (primary N) is 1. The molecule has 0 saturated heterocycles. The molecule has 24 heavy (non-hydrogen) atoms. The lowest BCUT2D eigenvalue weighted by Gasteiger charge is -2.18. The molecule has 6 nitrogen and oxygen atoms in total. The number of carboxylic acid groups (broad SMARTS) is 1. The maximum absolute atomic E-state index is 11.8. The molecule has 4 N–H and O–H groups in total. The van der Waals surface area contributed by atoms with Gasteiger partial charge in [-0.15, -0.1) is 0 Å². The molecule has 0 radical (unpaired) electrons. The van der Waals surface area contributed by atoms with Gasteiger partial charge < -0.3 is 20.9 Å². The first kappa shape index (κ1) is 22.3. The third-order valence-electron chi connectivity index (χ3n) is 3.16. The number of benzene rings is 1. The molecular formula is C17H28N2O4S. The lowest BCUT2D eigenvalue weighted by molar-refractivity contribution is -0.143. The standard InChI is InChI=1S/C15H23NO2S.C2H5NO2/c1-5-13-8-6-7-11(2)14(13)16-12(3)15(17)18-9-10-19-4;3-1-2(4)5/h6-8,12,16H,5,9-10H2,1-4H3;1,3H2,(H,4,5)/t12-;/m0./s1. The summed E-state index contributed by atoms with van der Waals surface area (Å²) >= 11 is 1.67. The highest BCUT2D eigenvalue weighted by Crippen LogP contribution is 2.22. The molecule has 1 rings (SSSR count). The Morgan fingerprint density at radius 3 is 2.54 bits per heavy atom. The highest BCUT2D eigenvalue weighted by atomic mass is 32.2. The SMILES string of the molecule is CCc1cccc(C)c1N[C@@H](C)C(=O)OCCSC.NCC(=O)O. The van der Waals surface area contributed by atoms with Crippen molar-refractivity contribution in [2.75, 3.05) is 30.5 Å². The van der Waals surface area contributed by atoms with Gasteiger partial charge in [-0.25, -0.2) is 4.79 Å². The van der Waals surface area contributed by atoms with Gasteiger partial charge in [0.15, 0.2) is 0 Å². The van der Waals surface area contributed by atoms with Gasteiger partial charge in [-0.05, 0) is 37.7 Å². The number of anilines is 1. The highest BCUT2D eigenvalue weighted by molar-refractivity contribution is 7.98. The predicted octanol–water partition coefficient (Wildman–Crippen LogP) is 2.29. The van der Waals surface area contributed by atoms with Crippen LogP contribution in [0.3, 0.4) is 0 Å². The first-order valence-electron chi connectivity index (χ1n) is 7.79. The van der Waals surface area contributed by atoms with Crippen molar-refractivity contribution in [3.63, 3.8) is 0 Å². The minimum absolute atomic E-state index is 0.195. The molecule has 0 saturated carbocycles. The lowest BCUT2D eigenvalue weighted by Crippen LogP contribution is -2.29. The van der Waals surface area contributed by atoms with Gasteiger partial charge in [-0.1, -0.05) is 25.1 Å². The number of nitrogens with one attached hydrogen (secondary N) is 1. The highest BCUT2D eigenvalue weighted by Gasteiger charge is 2.16. The molecule has 136 valence electrons. The molecule has 1 aromatic rings. The van der Waals surface area contributed by atoms with Crippen LogP contribution >= 0.6 is 11.8 Å². The number of rotatable bonds is 8. The van der Waals surface area contributed by atoms with E-state index < -0.39 is 5.97 Å². The molecule has 0 aliphatic heterocycles. The molecule has 0 aliphatic carbocycles. The van der Waals surface area contributed by atoms with E-state index in [0.29, 0.717) is 6.61 Å². The van der Waals surface area contributed by atoms with E-state index in [4.69, 9.17) is 9.84 Å². The number of para-hydroxylation sites is 1. The molecule has 0 unspecified atom stereocenters. The van der Waals surface area contributed by atoms with Gasteiger partial charge in [-0.3, -0.25) is 4.79 Å². The zero-order valence-corrected chi connectivity index (χ0v) is 15.6. The van der Waals surface area contributed by atoms with E-state index in [0.717, 1.165) is 23.4 Å². The minimum atomic E-state index is -0.968. The largest absolute Gasteiger partial charge is 0.480 e. The van der Waals surface area contributed by atoms with Crippen molar-refractivity contribution in [2.45, 2.75) is 33.2 Å². The summed E-state index contributed by atoms with van der Waals surface area (Å²) < 4.78 is 5.21. The third kappa shape index (κ3) is 8.79. The molecule has 1 aromatic carbocycles. The lowest BCUT2D eigenvalue weighted by atomic mass is 10.1. The van der Waals surface area contributed by atoms with Crippen LogP contribution in [0.1, 0.15) is 25.0 Å². The van der Waals surface area contributed by atoms with Gasteiger partial charge in [0.25, 0.3) is 0 Å². The number of carbonyl (C=O) groups excluding carboxylic acids is 1. The summed E-state index contributed by atoms with van der Waals surface area (Å²) in [6.45, 7) is 6.20. The monoisotopic (exact) mass is 356 g/mol. The summed E-state index contributed by atoms with van der Waals surface area (Å²) in [4.78, 5) is 21.1. The van der Waals surface area contributed by atoms with E-state index in [1.165, 1.54) is 5.56 Å². The van der Waals surface area contributed by atoms with Crippen molar-refractivity contribution >= 4 is 29.4 Å². The Labute approximate surface area is 148 Å². The molecule has 0 aliphatic rings. The smallest absolute Gasteiger partial charge is 0.328 e.